The summed E-state index contributed by atoms with van der Waals surface area (Å²) in [5.41, 5.74) is 3.97. The van der Waals surface area contributed by atoms with Crippen LogP contribution in [0.1, 0.15) is 15.9 Å². The number of nitrogens with one attached hydrogen (secondary N) is 1. The molecule has 1 aliphatic rings. The summed E-state index contributed by atoms with van der Waals surface area (Å²) >= 11 is 1.61. The van der Waals surface area contributed by atoms with Crippen molar-refractivity contribution in [1.82, 2.24) is 9.97 Å². The van der Waals surface area contributed by atoms with Crippen LogP contribution in [0.25, 0.3) is 28.2 Å². The van der Waals surface area contributed by atoms with Gasteiger partial charge in [0.25, 0.3) is 0 Å². The van der Waals surface area contributed by atoms with Gasteiger partial charge in [-0.2, -0.15) is 0 Å². The van der Waals surface area contributed by atoms with E-state index in [2.05, 4.69) is 22.1 Å². The number of pyridine rings is 1. The number of rotatable bonds is 1. The van der Waals surface area contributed by atoms with Crippen molar-refractivity contribution in [3.63, 3.8) is 0 Å². The van der Waals surface area contributed by atoms with Crippen LogP contribution in [0.15, 0.2) is 47.0 Å². The molecular formula is C16H10N2O2S. The predicted octanol–water partition coefficient (Wildman–Crippen LogP) is 4.00. The summed E-state index contributed by atoms with van der Waals surface area (Å²) in [5.74, 6) is -0.961. The van der Waals surface area contributed by atoms with Crippen LogP contribution >= 0.6 is 11.8 Å². The normalized spacial score (nSPS) is 12.8. The van der Waals surface area contributed by atoms with Crippen LogP contribution in [0.2, 0.25) is 0 Å². The molecule has 0 saturated carbocycles. The van der Waals surface area contributed by atoms with Gasteiger partial charge < -0.3 is 10.1 Å². The molecule has 1 aromatic carbocycles. The fourth-order valence-corrected chi connectivity index (χ4v) is 3.32. The largest absolute Gasteiger partial charge is 0.478 e. The summed E-state index contributed by atoms with van der Waals surface area (Å²) in [4.78, 5) is 19.8. The molecule has 0 bridgehead atoms. The molecule has 0 radical (unpaired) electrons. The molecule has 3 heterocycles. The van der Waals surface area contributed by atoms with E-state index >= 15 is 0 Å². The van der Waals surface area contributed by atoms with Crippen LogP contribution in [0.5, 0.6) is 0 Å². The minimum atomic E-state index is -0.961. The minimum absolute atomic E-state index is 0.203. The number of carbonyl (C=O) groups is 1. The topological polar surface area (TPSA) is 66.0 Å². The van der Waals surface area contributed by atoms with Gasteiger partial charge in [0.2, 0.25) is 0 Å². The molecule has 102 valence electrons. The van der Waals surface area contributed by atoms with Gasteiger partial charge in [-0.25, -0.2) is 4.79 Å². The highest BCUT2D eigenvalue weighted by Gasteiger charge is 2.16. The third kappa shape index (κ3) is 1.94. The number of hydrogen-bond acceptors (Lipinski definition) is 3. The molecule has 1 aliphatic heterocycles. The Morgan fingerprint density at radius 1 is 1.29 bits per heavy atom. The van der Waals surface area contributed by atoms with Gasteiger partial charge in [-0.15, -0.1) is 0 Å². The molecule has 0 saturated heterocycles. The lowest BCUT2D eigenvalue weighted by Gasteiger charge is -2.08. The average Bonchev–Trinajstić information content (AvgIpc) is 2.85. The lowest BCUT2D eigenvalue weighted by Crippen LogP contribution is -1.99. The van der Waals surface area contributed by atoms with Crippen molar-refractivity contribution in [2.24, 2.45) is 0 Å². The van der Waals surface area contributed by atoms with E-state index in [1.54, 1.807) is 17.8 Å². The van der Waals surface area contributed by atoms with E-state index in [4.69, 9.17) is 5.11 Å². The highest BCUT2D eigenvalue weighted by Crippen LogP contribution is 2.39. The quantitative estimate of drug-likeness (QED) is 0.712. The highest BCUT2D eigenvalue weighted by molar-refractivity contribution is 8.02. The third-order valence-electron chi connectivity index (χ3n) is 3.52. The maximum Gasteiger partial charge on any atom is 0.337 e. The van der Waals surface area contributed by atoms with Gasteiger partial charge in [-0.3, -0.25) is 4.98 Å². The van der Waals surface area contributed by atoms with E-state index in [1.165, 1.54) is 6.20 Å². The average molecular weight is 294 g/mol. The molecule has 4 nitrogen and oxygen atoms in total. The molecule has 0 fully saturated rings. The standard InChI is InChI=1S/C16H10N2O2S/c19-16(20)11-5-10-2-4-21-14-7-13-9(1-3-17-13)6-12(14)15(10)18-8-11/h1-8,17H,(H,19,20). The smallest absolute Gasteiger partial charge is 0.337 e. The van der Waals surface area contributed by atoms with Gasteiger partial charge in [0.1, 0.15) is 0 Å². The number of nitrogens with zero attached hydrogens (tertiary/aromatic N) is 1. The lowest BCUT2D eigenvalue weighted by molar-refractivity contribution is 0.0696. The molecule has 3 aromatic rings. The second-order valence-electron chi connectivity index (χ2n) is 4.80. The molecule has 0 atom stereocenters. The molecule has 0 spiro atoms. The Morgan fingerprint density at radius 3 is 3.05 bits per heavy atom. The molecule has 2 aromatic heterocycles. The number of aromatic carboxylic acids is 1. The summed E-state index contributed by atoms with van der Waals surface area (Å²) in [7, 11) is 0. The number of aromatic amines is 1. The zero-order valence-corrected chi connectivity index (χ0v) is 11.6. The molecule has 0 aliphatic carbocycles. The van der Waals surface area contributed by atoms with Crippen molar-refractivity contribution in [1.29, 1.82) is 0 Å². The number of benzene rings is 1. The first-order valence-corrected chi connectivity index (χ1v) is 7.28. The van der Waals surface area contributed by atoms with E-state index in [0.717, 1.165) is 32.6 Å². The maximum atomic E-state index is 11.1. The number of H-pyrrole nitrogens is 1. The van der Waals surface area contributed by atoms with Crippen molar-refractivity contribution in [2.75, 3.05) is 0 Å². The second-order valence-corrected chi connectivity index (χ2v) is 5.75. The van der Waals surface area contributed by atoms with Gasteiger partial charge in [-0.05, 0) is 35.7 Å². The molecule has 2 N–H and O–H groups in total. The van der Waals surface area contributed by atoms with Crippen molar-refractivity contribution >= 4 is 34.7 Å². The highest BCUT2D eigenvalue weighted by atomic mass is 32.2. The number of fused-ring (bicyclic) bond motifs is 4. The summed E-state index contributed by atoms with van der Waals surface area (Å²) in [6.45, 7) is 0. The molecule has 4 rings (SSSR count). The van der Waals surface area contributed by atoms with Gasteiger partial charge >= 0.3 is 5.97 Å². The fraction of sp³-hybridized carbons (Fsp3) is 0. The molecule has 0 unspecified atom stereocenters. The van der Waals surface area contributed by atoms with Crippen molar-refractivity contribution in [2.45, 2.75) is 4.90 Å². The summed E-state index contributed by atoms with van der Waals surface area (Å²) in [6.07, 6.45) is 5.23. The van der Waals surface area contributed by atoms with Crippen LogP contribution in [0.3, 0.4) is 0 Å². The third-order valence-corrected chi connectivity index (χ3v) is 4.38. The number of hydrogen-bond donors (Lipinski definition) is 2. The maximum absolute atomic E-state index is 11.1. The molecule has 0 amide bonds. The van der Waals surface area contributed by atoms with Gasteiger partial charge in [0, 0.05) is 39.3 Å². The number of thioether (sulfide) groups is 1. The first-order chi connectivity index (χ1) is 10.2. The second kappa shape index (κ2) is 4.49. The number of carboxylic acids is 1. The Balaban J connectivity index is 2.00. The van der Waals surface area contributed by atoms with Gasteiger partial charge in [-0.1, -0.05) is 11.8 Å². The van der Waals surface area contributed by atoms with Gasteiger partial charge in [0.15, 0.2) is 0 Å². The number of carboxylic acid groups (broad SMARTS) is 1. The van der Waals surface area contributed by atoms with E-state index in [9.17, 15) is 4.79 Å². The molecule has 5 heteroatoms. The van der Waals surface area contributed by atoms with E-state index in [1.807, 2.05) is 23.7 Å². The Morgan fingerprint density at radius 2 is 2.19 bits per heavy atom. The van der Waals surface area contributed by atoms with E-state index in [-0.39, 0.29) is 5.56 Å². The molecular weight excluding hydrogens is 284 g/mol. The summed E-state index contributed by atoms with van der Waals surface area (Å²) in [6, 6.07) is 7.87. The van der Waals surface area contributed by atoms with Crippen LogP contribution in [-0.4, -0.2) is 21.0 Å². The Kier molecular flexibility index (Phi) is 2.62. The van der Waals surface area contributed by atoms with Crippen LogP contribution in [0.4, 0.5) is 0 Å². The van der Waals surface area contributed by atoms with Gasteiger partial charge in [0.05, 0.1) is 11.3 Å². The van der Waals surface area contributed by atoms with Crippen LogP contribution in [-0.2, 0) is 0 Å². The summed E-state index contributed by atoms with van der Waals surface area (Å²) < 4.78 is 0. The zero-order valence-electron chi connectivity index (χ0n) is 10.8. The summed E-state index contributed by atoms with van der Waals surface area (Å²) in [5, 5.41) is 12.2. The van der Waals surface area contributed by atoms with Crippen molar-refractivity contribution < 1.29 is 9.90 Å². The Labute approximate surface area is 124 Å². The molecule has 21 heavy (non-hydrogen) atoms. The monoisotopic (exact) mass is 294 g/mol. The van der Waals surface area contributed by atoms with E-state index in [0.29, 0.717) is 0 Å². The number of aromatic nitrogens is 2. The van der Waals surface area contributed by atoms with Crippen molar-refractivity contribution in [3.8, 4) is 11.3 Å². The Bertz CT molecular complexity index is 912. The first-order valence-electron chi connectivity index (χ1n) is 6.40. The lowest BCUT2D eigenvalue weighted by atomic mass is 10.0. The fourth-order valence-electron chi connectivity index (χ4n) is 2.49. The minimum Gasteiger partial charge on any atom is -0.478 e. The van der Waals surface area contributed by atoms with Crippen molar-refractivity contribution in [3.05, 3.63) is 53.2 Å². The zero-order chi connectivity index (χ0) is 14.4. The SMILES string of the molecule is O=C(O)c1cnc2c(c1)C=CSc1cc3[nH]ccc3cc1-2. The first kappa shape index (κ1) is 12.2. The Hall–Kier alpha value is -2.53. The van der Waals surface area contributed by atoms with E-state index < -0.39 is 5.97 Å². The predicted molar refractivity (Wildman–Crippen MR) is 83.4 cm³/mol. The van der Waals surface area contributed by atoms with Crippen LogP contribution in [0, 0.1) is 0 Å². The van der Waals surface area contributed by atoms with Crippen LogP contribution < -0.4 is 0 Å².